The maximum atomic E-state index is 11.6. The fourth-order valence-corrected chi connectivity index (χ4v) is 2.19. The number of nitrogens with one attached hydrogen (secondary N) is 4. The van der Waals surface area contributed by atoms with E-state index in [0.717, 1.165) is 11.4 Å². The van der Waals surface area contributed by atoms with Crippen LogP contribution in [-0.2, 0) is 9.59 Å². The first-order valence-corrected chi connectivity index (χ1v) is 8.43. The molecule has 130 valence electrons. The molecule has 0 spiro atoms. The van der Waals surface area contributed by atoms with Gasteiger partial charge in [0.1, 0.15) is 0 Å². The molecule has 6 nitrogen and oxygen atoms in total. The molecule has 0 saturated carbocycles. The molecule has 0 heterocycles. The highest BCUT2D eigenvalue weighted by Crippen LogP contribution is 2.13. The highest BCUT2D eigenvalue weighted by Gasteiger charge is 2.07. The van der Waals surface area contributed by atoms with Gasteiger partial charge in [-0.05, 0) is 54.6 Å². The average Bonchev–Trinajstić information content (AvgIpc) is 2.47. The Morgan fingerprint density at radius 3 is 1.71 bits per heavy atom. The van der Waals surface area contributed by atoms with Crippen LogP contribution < -0.4 is 21.3 Å². The molecule has 0 radical (unpaired) electrons. The molecule has 0 unspecified atom stereocenters. The van der Waals surface area contributed by atoms with Crippen molar-refractivity contribution in [3.05, 3.63) is 24.3 Å². The smallest absolute Gasteiger partial charge is 0.226 e. The molecule has 1 aromatic rings. The van der Waals surface area contributed by atoms with Crippen molar-refractivity contribution in [2.45, 2.75) is 33.6 Å². The topological polar surface area (TPSA) is 82.3 Å². The molecule has 0 bridgehead atoms. The van der Waals surface area contributed by atoms with Crippen molar-refractivity contribution in [3.8, 4) is 0 Å². The van der Waals surface area contributed by atoms with Gasteiger partial charge in [0.15, 0.2) is 10.2 Å². The fourth-order valence-electron chi connectivity index (χ4n) is 1.73. The van der Waals surface area contributed by atoms with Gasteiger partial charge >= 0.3 is 0 Å². The second-order valence-electron chi connectivity index (χ2n) is 5.53. The molecule has 4 N–H and O–H groups in total. The second kappa shape index (κ2) is 9.94. The van der Waals surface area contributed by atoms with Crippen molar-refractivity contribution >= 4 is 57.8 Å². The molecule has 2 amide bonds. The quantitative estimate of drug-likeness (QED) is 0.600. The van der Waals surface area contributed by atoms with E-state index >= 15 is 0 Å². The maximum Gasteiger partial charge on any atom is 0.226 e. The van der Waals surface area contributed by atoms with Crippen LogP contribution in [0.1, 0.15) is 33.6 Å². The van der Waals surface area contributed by atoms with Crippen molar-refractivity contribution in [1.82, 2.24) is 10.6 Å². The third-order valence-corrected chi connectivity index (χ3v) is 3.23. The Hall–Kier alpha value is -2.06. The van der Waals surface area contributed by atoms with E-state index in [1.807, 2.05) is 13.8 Å². The highest BCUT2D eigenvalue weighted by atomic mass is 32.1. The van der Waals surface area contributed by atoms with Crippen LogP contribution in [0.4, 0.5) is 11.4 Å². The Bertz CT molecular complexity index is 615. The summed E-state index contributed by atoms with van der Waals surface area (Å²) >= 11 is 10.1. The summed E-state index contributed by atoms with van der Waals surface area (Å²) in [4.78, 5) is 22.9. The third-order valence-electron chi connectivity index (χ3n) is 2.82. The van der Waals surface area contributed by atoms with Crippen LogP contribution in [0.5, 0.6) is 0 Å². The van der Waals surface area contributed by atoms with Gasteiger partial charge < -0.3 is 21.3 Å². The SMILES string of the molecule is CCC(=O)NC(=S)Nc1ccc(NC(=S)NC(=O)CC(C)C)cc1. The molecule has 24 heavy (non-hydrogen) atoms. The number of carbonyl (C=O) groups excluding carboxylic acids is 2. The third kappa shape index (κ3) is 7.98. The summed E-state index contributed by atoms with van der Waals surface area (Å²) in [5.41, 5.74) is 1.47. The summed E-state index contributed by atoms with van der Waals surface area (Å²) in [6.45, 7) is 5.69. The van der Waals surface area contributed by atoms with E-state index in [2.05, 4.69) is 21.3 Å². The largest absolute Gasteiger partial charge is 0.332 e. The van der Waals surface area contributed by atoms with Crippen LogP contribution in [0, 0.1) is 5.92 Å². The monoisotopic (exact) mass is 366 g/mol. The Balaban J connectivity index is 2.49. The van der Waals surface area contributed by atoms with E-state index in [1.165, 1.54) is 0 Å². The van der Waals surface area contributed by atoms with E-state index in [0.29, 0.717) is 12.8 Å². The van der Waals surface area contributed by atoms with E-state index in [9.17, 15) is 9.59 Å². The molecule has 0 aliphatic heterocycles. The number of hydrogen-bond acceptors (Lipinski definition) is 4. The van der Waals surface area contributed by atoms with Crippen LogP contribution >= 0.6 is 24.4 Å². The minimum atomic E-state index is -0.145. The molecule has 0 saturated heterocycles. The van der Waals surface area contributed by atoms with Crippen LogP contribution in [0.15, 0.2) is 24.3 Å². The molecule has 0 atom stereocenters. The van der Waals surface area contributed by atoms with Gasteiger partial charge in [0, 0.05) is 24.2 Å². The fraction of sp³-hybridized carbons (Fsp3) is 0.375. The molecule has 1 aromatic carbocycles. The molecule has 0 aliphatic carbocycles. The summed E-state index contributed by atoms with van der Waals surface area (Å²) in [6.07, 6.45) is 0.788. The summed E-state index contributed by atoms with van der Waals surface area (Å²) in [5.74, 6) is 0.0151. The number of carbonyl (C=O) groups is 2. The Morgan fingerprint density at radius 1 is 0.917 bits per heavy atom. The molecule has 0 aromatic heterocycles. The van der Waals surface area contributed by atoms with Gasteiger partial charge in [-0.3, -0.25) is 9.59 Å². The predicted octanol–water partition coefficient (Wildman–Crippen LogP) is 2.77. The Kier molecular flexibility index (Phi) is 8.28. The normalized spacial score (nSPS) is 10.0. The molecule has 8 heteroatoms. The highest BCUT2D eigenvalue weighted by molar-refractivity contribution is 7.80. The van der Waals surface area contributed by atoms with Crippen LogP contribution in [0.2, 0.25) is 0 Å². The lowest BCUT2D eigenvalue weighted by Gasteiger charge is -2.12. The van der Waals surface area contributed by atoms with Crippen molar-refractivity contribution < 1.29 is 9.59 Å². The molecular formula is C16H22N4O2S2. The number of hydrogen-bond donors (Lipinski definition) is 4. The van der Waals surface area contributed by atoms with Gasteiger partial charge in [0.05, 0.1) is 0 Å². The molecule has 0 fully saturated rings. The lowest BCUT2D eigenvalue weighted by Crippen LogP contribution is -2.34. The zero-order valence-corrected chi connectivity index (χ0v) is 15.6. The van der Waals surface area contributed by atoms with Gasteiger partial charge in [-0.25, -0.2) is 0 Å². The predicted molar refractivity (Wildman–Crippen MR) is 105 cm³/mol. The molecule has 0 aliphatic rings. The van der Waals surface area contributed by atoms with Gasteiger partial charge in [0.25, 0.3) is 0 Å². The van der Waals surface area contributed by atoms with E-state index in [1.54, 1.807) is 31.2 Å². The molecule has 1 rings (SSSR count). The number of rotatable bonds is 5. The first-order valence-electron chi connectivity index (χ1n) is 7.62. The minimum absolute atomic E-state index is 0.113. The maximum absolute atomic E-state index is 11.6. The summed E-state index contributed by atoms with van der Waals surface area (Å²) in [7, 11) is 0. The van der Waals surface area contributed by atoms with E-state index in [-0.39, 0.29) is 28.0 Å². The zero-order chi connectivity index (χ0) is 18.1. The number of benzene rings is 1. The standard InChI is InChI=1S/C16H22N4O2S2/c1-4-13(21)19-15(23)17-11-5-7-12(8-6-11)18-16(24)20-14(22)9-10(2)3/h5-8,10H,4,9H2,1-3H3,(H2,17,19,21,23)(H2,18,20,22,24). The first-order chi connectivity index (χ1) is 11.3. The van der Waals surface area contributed by atoms with Crippen LogP contribution in [0.25, 0.3) is 0 Å². The Labute approximate surface area is 152 Å². The van der Waals surface area contributed by atoms with Gasteiger partial charge in [-0.2, -0.15) is 0 Å². The first kappa shape index (κ1) is 20.0. The van der Waals surface area contributed by atoms with E-state index in [4.69, 9.17) is 24.4 Å². The minimum Gasteiger partial charge on any atom is -0.332 e. The van der Waals surface area contributed by atoms with Crippen LogP contribution in [-0.4, -0.2) is 22.0 Å². The van der Waals surface area contributed by atoms with Crippen molar-refractivity contribution in [2.75, 3.05) is 10.6 Å². The zero-order valence-electron chi connectivity index (χ0n) is 13.9. The number of thiocarbonyl (C=S) groups is 2. The summed E-state index contributed by atoms with van der Waals surface area (Å²) < 4.78 is 0. The van der Waals surface area contributed by atoms with Crippen molar-refractivity contribution in [3.63, 3.8) is 0 Å². The van der Waals surface area contributed by atoms with Crippen molar-refractivity contribution in [1.29, 1.82) is 0 Å². The van der Waals surface area contributed by atoms with Crippen molar-refractivity contribution in [2.24, 2.45) is 5.92 Å². The number of amides is 2. The van der Waals surface area contributed by atoms with Gasteiger partial charge in [-0.1, -0.05) is 20.8 Å². The lowest BCUT2D eigenvalue weighted by molar-refractivity contribution is -0.120. The molecular weight excluding hydrogens is 344 g/mol. The van der Waals surface area contributed by atoms with E-state index < -0.39 is 0 Å². The van der Waals surface area contributed by atoms with Gasteiger partial charge in [-0.15, -0.1) is 0 Å². The van der Waals surface area contributed by atoms with Gasteiger partial charge in [0.2, 0.25) is 11.8 Å². The lowest BCUT2D eigenvalue weighted by atomic mass is 10.1. The summed E-state index contributed by atoms with van der Waals surface area (Å²) in [6, 6.07) is 7.14. The average molecular weight is 367 g/mol. The number of anilines is 2. The summed E-state index contributed by atoms with van der Waals surface area (Å²) in [5, 5.41) is 11.5. The Morgan fingerprint density at radius 2 is 1.33 bits per heavy atom. The van der Waals surface area contributed by atoms with Crippen LogP contribution in [0.3, 0.4) is 0 Å². The second-order valence-corrected chi connectivity index (χ2v) is 6.35.